The minimum atomic E-state index is -0.528. The van der Waals surface area contributed by atoms with Crippen LogP contribution in [0.3, 0.4) is 0 Å². The highest BCUT2D eigenvalue weighted by atomic mass is 16.6. The van der Waals surface area contributed by atoms with E-state index in [-0.39, 0.29) is 12.4 Å². The van der Waals surface area contributed by atoms with E-state index in [1.54, 1.807) is 24.3 Å². The first-order valence-corrected chi connectivity index (χ1v) is 10.6. The molecule has 0 atom stereocenters. The number of hydrazone groups is 1. The summed E-state index contributed by atoms with van der Waals surface area (Å²) in [5, 5.41) is 3.94. The van der Waals surface area contributed by atoms with Crippen LogP contribution < -0.4 is 19.6 Å². The lowest BCUT2D eigenvalue weighted by atomic mass is 10.1. The maximum absolute atomic E-state index is 12.1. The van der Waals surface area contributed by atoms with Crippen LogP contribution in [-0.4, -0.2) is 31.8 Å². The molecule has 0 aliphatic carbocycles. The average molecular weight is 459 g/mol. The van der Waals surface area contributed by atoms with E-state index in [1.807, 2.05) is 62.4 Å². The zero-order chi connectivity index (χ0) is 24.3. The maximum Gasteiger partial charge on any atom is 0.336 e. The molecule has 7 heteroatoms. The summed E-state index contributed by atoms with van der Waals surface area (Å²) in [6.45, 7) is 3.83. The SMILES string of the molecule is COc1cc(/C=N/NC(=O)COc2ccc(C)c(C)c2)ccc1OC(=O)/C=C/c1ccccc1. The lowest BCUT2D eigenvalue weighted by molar-refractivity contribution is -0.129. The Balaban J connectivity index is 1.52. The van der Waals surface area contributed by atoms with Crippen molar-refractivity contribution in [1.29, 1.82) is 0 Å². The molecule has 3 aromatic rings. The zero-order valence-corrected chi connectivity index (χ0v) is 19.3. The minimum Gasteiger partial charge on any atom is -0.493 e. The molecule has 1 N–H and O–H groups in total. The summed E-state index contributed by atoms with van der Waals surface area (Å²) in [5.74, 6) is 0.329. The molecule has 0 saturated heterocycles. The Bertz CT molecular complexity index is 1200. The van der Waals surface area contributed by atoms with Gasteiger partial charge in [0.05, 0.1) is 13.3 Å². The molecule has 0 radical (unpaired) electrons. The van der Waals surface area contributed by atoms with Crippen LogP contribution >= 0.6 is 0 Å². The number of hydrogen-bond acceptors (Lipinski definition) is 6. The van der Waals surface area contributed by atoms with Crippen molar-refractivity contribution in [1.82, 2.24) is 5.43 Å². The van der Waals surface area contributed by atoms with Crippen molar-refractivity contribution in [3.05, 3.63) is 95.1 Å². The zero-order valence-electron chi connectivity index (χ0n) is 19.3. The molecule has 34 heavy (non-hydrogen) atoms. The second-order valence-corrected chi connectivity index (χ2v) is 7.40. The van der Waals surface area contributed by atoms with Gasteiger partial charge in [-0.2, -0.15) is 5.10 Å². The Morgan fingerprint density at radius 2 is 1.71 bits per heavy atom. The third-order valence-corrected chi connectivity index (χ3v) is 4.86. The van der Waals surface area contributed by atoms with Gasteiger partial charge < -0.3 is 14.2 Å². The highest BCUT2D eigenvalue weighted by molar-refractivity contribution is 5.89. The fraction of sp³-hybridized carbons (Fsp3) is 0.148. The van der Waals surface area contributed by atoms with E-state index in [9.17, 15) is 9.59 Å². The van der Waals surface area contributed by atoms with E-state index in [0.29, 0.717) is 17.1 Å². The van der Waals surface area contributed by atoms with Crippen LogP contribution in [0.4, 0.5) is 0 Å². The average Bonchev–Trinajstić information content (AvgIpc) is 2.85. The Morgan fingerprint density at radius 1 is 0.912 bits per heavy atom. The van der Waals surface area contributed by atoms with Crippen molar-refractivity contribution in [2.75, 3.05) is 13.7 Å². The van der Waals surface area contributed by atoms with Gasteiger partial charge in [0.1, 0.15) is 5.75 Å². The largest absolute Gasteiger partial charge is 0.493 e. The van der Waals surface area contributed by atoms with Crippen LogP contribution in [0.2, 0.25) is 0 Å². The highest BCUT2D eigenvalue weighted by Gasteiger charge is 2.09. The second kappa shape index (κ2) is 12.0. The van der Waals surface area contributed by atoms with Gasteiger partial charge in [0.15, 0.2) is 18.1 Å². The van der Waals surface area contributed by atoms with Crippen LogP contribution in [0.5, 0.6) is 17.2 Å². The normalized spacial score (nSPS) is 10.9. The van der Waals surface area contributed by atoms with E-state index in [0.717, 1.165) is 16.7 Å². The van der Waals surface area contributed by atoms with Gasteiger partial charge in [-0.05, 0) is 72.5 Å². The fourth-order valence-electron chi connectivity index (χ4n) is 2.88. The van der Waals surface area contributed by atoms with Gasteiger partial charge in [-0.25, -0.2) is 10.2 Å². The third kappa shape index (κ3) is 7.34. The molecular weight excluding hydrogens is 432 g/mol. The molecule has 0 unspecified atom stereocenters. The number of carbonyl (C=O) groups excluding carboxylic acids is 2. The Kier molecular flexibility index (Phi) is 8.57. The molecule has 0 fully saturated rings. The summed E-state index contributed by atoms with van der Waals surface area (Å²) in [7, 11) is 1.47. The van der Waals surface area contributed by atoms with Gasteiger partial charge in [-0.1, -0.05) is 36.4 Å². The number of carbonyl (C=O) groups is 2. The summed E-state index contributed by atoms with van der Waals surface area (Å²) in [5.41, 5.74) is 6.19. The molecule has 0 heterocycles. The van der Waals surface area contributed by atoms with Gasteiger partial charge in [0, 0.05) is 6.08 Å². The number of aryl methyl sites for hydroxylation is 2. The van der Waals surface area contributed by atoms with Gasteiger partial charge in [0.25, 0.3) is 5.91 Å². The maximum atomic E-state index is 12.1. The third-order valence-electron chi connectivity index (χ3n) is 4.86. The van der Waals surface area contributed by atoms with Crippen molar-refractivity contribution < 1.29 is 23.8 Å². The molecule has 0 bridgehead atoms. The number of rotatable bonds is 9. The molecule has 0 aliphatic rings. The first kappa shape index (κ1) is 24.3. The molecule has 3 rings (SSSR count). The van der Waals surface area contributed by atoms with Gasteiger partial charge >= 0.3 is 5.97 Å². The molecule has 174 valence electrons. The molecule has 0 aromatic heterocycles. The number of benzene rings is 3. The van der Waals surface area contributed by atoms with E-state index in [2.05, 4.69) is 10.5 Å². The van der Waals surface area contributed by atoms with Gasteiger partial charge in [-0.15, -0.1) is 0 Å². The monoisotopic (exact) mass is 458 g/mol. The number of ether oxygens (including phenoxy) is 3. The first-order chi connectivity index (χ1) is 16.4. The highest BCUT2D eigenvalue weighted by Crippen LogP contribution is 2.28. The summed E-state index contributed by atoms with van der Waals surface area (Å²) in [6.07, 6.45) is 4.47. The van der Waals surface area contributed by atoms with E-state index in [1.165, 1.54) is 19.4 Å². The molecule has 1 amide bonds. The summed E-state index contributed by atoms with van der Waals surface area (Å²) >= 11 is 0. The smallest absolute Gasteiger partial charge is 0.336 e. The summed E-state index contributed by atoms with van der Waals surface area (Å²) in [6, 6.07) is 20.0. The van der Waals surface area contributed by atoms with Crippen LogP contribution in [0.15, 0.2) is 77.9 Å². The quantitative estimate of drug-likeness (QED) is 0.168. The van der Waals surface area contributed by atoms with Crippen LogP contribution in [0, 0.1) is 13.8 Å². The lowest BCUT2D eigenvalue weighted by Crippen LogP contribution is -2.24. The standard InChI is InChI=1S/C27H26N2O5/c1-19-9-12-23(15-20(19)2)33-18-26(30)29-28-17-22-10-13-24(25(16-22)32-3)34-27(31)14-11-21-7-5-4-6-8-21/h4-17H,18H2,1-3H3,(H,29,30)/b14-11+,28-17+. The fourth-order valence-corrected chi connectivity index (χ4v) is 2.88. The predicted octanol–water partition coefficient (Wildman–Crippen LogP) is 4.46. The molecule has 0 aliphatic heterocycles. The number of amides is 1. The van der Waals surface area contributed by atoms with Crippen molar-refractivity contribution in [3.8, 4) is 17.2 Å². The summed E-state index contributed by atoms with van der Waals surface area (Å²) < 4.78 is 16.2. The van der Waals surface area contributed by atoms with E-state index >= 15 is 0 Å². The summed E-state index contributed by atoms with van der Waals surface area (Å²) in [4.78, 5) is 24.1. The van der Waals surface area contributed by atoms with Gasteiger partial charge in [-0.3, -0.25) is 4.79 Å². The number of methoxy groups -OCH3 is 1. The van der Waals surface area contributed by atoms with E-state index < -0.39 is 11.9 Å². The van der Waals surface area contributed by atoms with Crippen LogP contribution in [0.25, 0.3) is 6.08 Å². The van der Waals surface area contributed by atoms with Crippen molar-refractivity contribution in [2.45, 2.75) is 13.8 Å². The molecule has 0 spiro atoms. The van der Waals surface area contributed by atoms with Crippen molar-refractivity contribution in [3.63, 3.8) is 0 Å². The Hall–Kier alpha value is -4.39. The Morgan fingerprint density at radius 3 is 2.44 bits per heavy atom. The second-order valence-electron chi connectivity index (χ2n) is 7.40. The molecule has 3 aromatic carbocycles. The van der Waals surface area contributed by atoms with Gasteiger partial charge in [0.2, 0.25) is 0 Å². The number of nitrogens with one attached hydrogen (secondary N) is 1. The molecule has 7 nitrogen and oxygen atoms in total. The number of esters is 1. The van der Waals surface area contributed by atoms with Crippen LogP contribution in [0.1, 0.15) is 22.3 Å². The predicted molar refractivity (Wildman–Crippen MR) is 131 cm³/mol. The number of nitrogens with zero attached hydrogens (tertiary/aromatic N) is 1. The topological polar surface area (TPSA) is 86.2 Å². The van der Waals surface area contributed by atoms with Crippen molar-refractivity contribution in [2.24, 2.45) is 5.10 Å². The molecule has 0 saturated carbocycles. The lowest BCUT2D eigenvalue weighted by Gasteiger charge is -2.09. The van der Waals surface area contributed by atoms with Crippen LogP contribution in [-0.2, 0) is 9.59 Å². The first-order valence-electron chi connectivity index (χ1n) is 10.6. The molecular formula is C27H26N2O5. The Labute approximate surface area is 198 Å². The minimum absolute atomic E-state index is 0.158. The van der Waals surface area contributed by atoms with E-state index in [4.69, 9.17) is 14.2 Å². The number of hydrogen-bond donors (Lipinski definition) is 1. The van der Waals surface area contributed by atoms with Crippen molar-refractivity contribution >= 4 is 24.2 Å².